The van der Waals surface area contributed by atoms with Gasteiger partial charge in [0, 0.05) is 19.2 Å². The molecule has 0 aromatic heterocycles. The second-order valence-corrected chi connectivity index (χ2v) is 3.78. The lowest BCUT2D eigenvalue weighted by atomic mass is 10.2. The molecule has 5 nitrogen and oxygen atoms in total. The Hall–Kier alpha value is -1.98. The number of nitrogen functional groups attached to an aromatic ring is 1. The Labute approximate surface area is 106 Å². The van der Waals surface area contributed by atoms with Crippen LogP contribution in [0.15, 0.2) is 12.1 Å². The molecular formula is C12H18FN3O2. The Morgan fingerprint density at radius 3 is 2.78 bits per heavy atom. The summed E-state index contributed by atoms with van der Waals surface area (Å²) in [5, 5.41) is 5.41. The number of nitrogens with two attached hydrogens (primary N) is 1. The molecule has 1 rings (SSSR count). The third kappa shape index (κ3) is 3.26. The standard InChI is InChI=1S/C12H18FN3O2/c1-4-18-11-6-10(9(14)5-8(11)13)16-7(2)12(17)15-3/h5-7,16H,4,14H2,1-3H3,(H,15,17). The molecule has 0 aliphatic carbocycles. The molecule has 0 bridgehead atoms. The third-order valence-electron chi connectivity index (χ3n) is 2.42. The van der Waals surface area contributed by atoms with E-state index < -0.39 is 11.9 Å². The van der Waals surface area contributed by atoms with Crippen LogP contribution in [0.25, 0.3) is 0 Å². The van der Waals surface area contributed by atoms with Gasteiger partial charge >= 0.3 is 0 Å². The van der Waals surface area contributed by atoms with Gasteiger partial charge in [0.1, 0.15) is 6.04 Å². The van der Waals surface area contributed by atoms with Crippen molar-refractivity contribution in [3.8, 4) is 5.75 Å². The van der Waals surface area contributed by atoms with Gasteiger partial charge in [0.05, 0.1) is 18.0 Å². The Kier molecular flexibility index (Phi) is 4.76. The van der Waals surface area contributed by atoms with Crippen LogP contribution in [0.3, 0.4) is 0 Å². The predicted octanol–water partition coefficient (Wildman–Crippen LogP) is 1.35. The fraction of sp³-hybridized carbons (Fsp3) is 0.417. The molecule has 1 unspecified atom stereocenters. The Balaban J connectivity index is 2.94. The van der Waals surface area contributed by atoms with E-state index in [-0.39, 0.29) is 17.3 Å². The summed E-state index contributed by atoms with van der Waals surface area (Å²) in [6, 6.07) is 2.15. The zero-order valence-electron chi connectivity index (χ0n) is 10.7. The van der Waals surface area contributed by atoms with Crippen molar-refractivity contribution in [2.24, 2.45) is 0 Å². The molecule has 0 radical (unpaired) electrons. The molecule has 1 aromatic rings. The average molecular weight is 255 g/mol. The number of hydrogen-bond acceptors (Lipinski definition) is 4. The van der Waals surface area contributed by atoms with Crippen LogP contribution in [0.4, 0.5) is 15.8 Å². The number of benzene rings is 1. The molecule has 1 amide bonds. The summed E-state index contributed by atoms with van der Waals surface area (Å²) in [6.45, 7) is 3.79. The molecule has 1 atom stereocenters. The number of anilines is 2. The highest BCUT2D eigenvalue weighted by Crippen LogP contribution is 2.28. The first-order valence-corrected chi connectivity index (χ1v) is 5.69. The molecule has 6 heteroatoms. The number of likely N-dealkylation sites (N-methyl/N-ethyl adjacent to an activating group) is 1. The molecule has 0 saturated heterocycles. The van der Waals surface area contributed by atoms with Crippen LogP contribution in [-0.4, -0.2) is 25.6 Å². The minimum atomic E-state index is -0.521. The second kappa shape index (κ2) is 6.09. The Bertz CT molecular complexity index is 438. The number of ether oxygens (including phenoxy) is 1. The number of carbonyl (C=O) groups excluding carboxylic acids is 1. The van der Waals surface area contributed by atoms with Crippen LogP contribution in [-0.2, 0) is 4.79 Å². The van der Waals surface area contributed by atoms with Crippen LogP contribution in [0.1, 0.15) is 13.8 Å². The highest BCUT2D eigenvalue weighted by molar-refractivity contribution is 5.85. The van der Waals surface area contributed by atoms with Crippen LogP contribution in [0.5, 0.6) is 5.75 Å². The predicted molar refractivity (Wildman–Crippen MR) is 69.1 cm³/mol. The van der Waals surface area contributed by atoms with Crippen molar-refractivity contribution in [1.82, 2.24) is 5.32 Å². The van der Waals surface area contributed by atoms with Crippen LogP contribution < -0.4 is 21.1 Å². The van der Waals surface area contributed by atoms with Gasteiger partial charge in [-0.2, -0.15) is 0 Å². The molecule has 0 aliphatic heterocycles. The number of hydrogen-bond donors (Lipinski definition) is 3. The van der Waals surface area contributed by atoms with Gasteiger partial charge in [-0.05, 0) is 13.8 Å². The van der Waals surface area contributed by atoms with Gasteiger partial charge in [-0.15, -0.1) is 0 Å². The maximum atomic E-state index is 13.5. The van der Waals surface area contributed by atoms with Gasteiger partial charge in [-0.25, -0.2) is 4.39 Å². The summed E-state index contributed by atoms with van der Waals surface area (Å²) in [7, 11) is 1.54. The first kappa shape index (κ1) is 14.1. The lowest BCUT2D eigenvalue weighted by Crippen LogP contribution is -2.35. The number of rotatable bonds is 5. The summed E-state index contributed by atoms with van der Waals surface area (Å²) in [5.41, 5.74) is 6.38. The van der Waals surface area contributed by atoms with Crippen molar-refractivity contribution in [2.45, 2.75) is 19.9 Å². The number of nitrogens with one attached hydrogen (secondary N) is 2. The maximum absolute atomic E-state index is 13.5. The molecule has 0 fully saturated rings. The third-order valence-corrected chi connectivity index (χ3v) is 2.42. The van der Waals surface area contributed by atoms with E-state index in [1.54, 1.807) is 20.9 Å². The summed E-state index contributed by atoms with van der Waals surface area (Å²) >= 11 is 0. The van der Waals surface area contributed by atoms with E-state index in [1.165, 1.54) is 12.1 Å². The minimum absolute atomic E-state index is 0.110. The van der Waals surface area contributed by atoms with Crippen molar-refractivity contribution < 1.29 is 13.9 Å². The van der Waals surface area contributed by atoms with Crippen molar-refractivity contribution >= 4 is 17.3 Å². The van der Waals surface area contributed by atoms with E-state index in [4.69, 9.17) is 10.5 Å². The van der Waals surface area contributed by atoms with Crippen LogP contribution in [0.2, 0.25) is 0 Å². The van der Waals surface area contributed by atoms with Crippen molar-refractivity contribution in [3.63, 3.8) is 0 Å². The normalized spacial score (nSPS) is 11.8. The van der Waals surface area contributed by atoms with Gasteiger partial charge < -0.3 is 21.1 Å². The highest BCUT2D eigenvalue weighted by atomic mass is 19.1. The average Bonchev–Trinajstić information content (AvgIpc) is 2.34. The summed E-state index contributed by atoms with van der Waals surface area (Å²) in [6.07, 6.45) is 0. The second-order valence-electron chi connectivity index (χ2n) is 3.78. The topological polar surface area (TPSA) is 76.4 Å². The van der Waals surface area contributed by atoms with Crippen molar-refractivity contribution in [2.75, 3.05) is 24.7 Å². The summed E-state index contributed by atoms with van der Waals surface area (Å²) in [4.78, 5) is 11.4. The van der Waals surface area contributed by atoms with Crippen molar-refractivity contribution in [1.29, 1.82) is 0 Å². The number of halogens is 1. The molecule has 1 aromatic carbocycles. The van der Waals surface area contributed by atoms with Crippen LogP contribution in [0, 0.1) is 5.82 Å². The first-order chi connectivity index (χ1) is 8.49. The van der Waals surface area contributed by atoms with Gasteiger partial charge in [-0.3, -0.25) is 4.79 Å². The molecule has 4 N–H and O–H groups in total. The van der Waals surface area contributed by atoms with Crippen molar-refractivity contribution in [3.05, 3.63) is 17.9 Å². The van der Waals surface area contributed by atoms with Gasteiger partial charge in [0.25, 0.3) is 0 Å². The van der Waals surface area contributed by atoms with Crippen LogP contribution >= 0.6 is 0 Å². The van der Waals surface area contributed by atoms with E-state index >= 15 is 0 Å². The largest absolute Gasteiger partial charge is 0.491 e. The zero-order chi connectivity index (χ0) is 13.7. The van der Waals surface area contributed by atoms with Gasteiger partial charge in [0.15, 0.2) is 11.6 Å². The fourth-order valence-corrected chi connectivity index (χ4v) is 1.48. The van der Waals surface area contributed by atoms with E-state index in [0.29, 0.717) is 12.3 Å². The number of carbonyl (C=O) groups is 1. The number of amides is 1. The van der Waals surface area contributed by atoms with Gasteiger partial charge in [-0.1, -0.05) is 0 Å². The molecule has 0 spiro atoms. The van der Waals surface area contributed by atoms with E-state index in [0.717, 1.165) is 0 Å². The summed E-state index contributed by atoms with van der Waals surface area (Å²) in [5.74, 6) is -0.595. The smallest absolute Gasteiger partial charge is 0.241 e. The summed E-state index contributed by atoms with van der Waals surface area (Å²) < 4.78 is 18.6. The Morgan fingerprint density at radius 2 is 2.22 bits per heavy atom. The quantitative estimate of drug-likeness (QED) is 0.694. The first-order valence-electron chi connectivity index (χ1n) is 5.69. The lowest BCUT2D eigenvalue weighted by molar-refractivity contribution is -0.121. The molecular weight excluding hydrogens is 237 g/mol. The molecule has 0 heterocycles. The maximum Gasteiger partial charge on any atom is 0.241 e. The monoisotopic (exact) mass is 255 g/mol. The van der Waals surface area contributed by atoms with Gasteiger partial charge in [0.2, 0.25) is 5.91 Å². The molecule has 0 aliphatic rings. The molecule has 0 saturated carbocycles. The molecule has 18 heavy (non-hydrogen) atoms. The molecule has 100 valence electrons. The SMILES string of the molecule is CCOc1cc(NC(C)C(=O)NC)c(N)cc1F. The Morgan fingerprint density at radius 1 is 1.56 bits per heavy atom. The minimum Gasteiger partial charge on any atom is -0.491 e. The highest BCUT2D eigenvalue weighted by Gasteiger charge is 2.14. The van der Waals surface area contributed by atoms with E-state index in [9.17, 15) is 9.18 Å². The lowest BCUT2D eigenvalue weighted by Gasteiger charge is -2.16. The van der Waals surface area contributed by atoms with E-state index in [1.807, 2.05) is 0 Å². The van der Waals surface area contributed by atoms with E-state index in [2.05, 4.69) is 10.6 Å². The fourth-order valence-electron chi connectivity index (χ4n) is 1.48. The zero-order valence-corrected chi connectivity index (χ0v) is 10.7.